The lowest BCUT2D eigenvalue weighted by Crippen LogP contribution is -2.41. The molecule has 4 aromatic carbocycles. The van der Waals surface area contributed by atoms with Gasteiger partial charge in [-0.25, -0.2) is 18.2 Å². The quantitative estimate of drug-likeness (QED) is 0.0770. The number of carbonyl (C=O) groups excluding carboxylic acids is 1. The van der Waals surface area contributed by atoms with Gasteiger partial charge in [0.2, 0.25) is 14.9 Å². The lowest BCUT2D eigenvalue weighted by atomic mass is 9.86. The summed E-state index contributed by atoms with van der Waals surface area (Å²) in [5.41, 5.74) is 2.13. The first-order valence-electron chi connectivity index (χ1n) is 18.9. The van der Waals surface area contributed by atoms with Gasteiger partial charge in [-0.3, -0.25) is 9.62 Å². The summed E-state index contributed by atoms with van der Waals surface area (Å²) in [5.74, 6) is 2.23. The number of pyridine rings is 1. The van der Waals surface area contributed by atoms with E-state index in [2.05, 4.69) is 30.6 Å². The zero-order valence-electron chi connectivity index (χ0n) is 34.2. The Kier molecular flexibility index (Phi) is 13.7. The van der Waals surface area contributed by atoms with Crippen LogP contribution < -0.4 is 34.9 Å². The number of anilines is 5. The molecule has 1 fully saturated rings. The van der Waals surface area contributed by atoms with Gasteiger partial charge in [-0.15, -0.1) is 4.31 Å². The van der Waals surface area contributed by atoms with Crippen molar-refractivity contribution in [1.82, 2.24) is 14.2 Å². The fourth-order valence-corrected chi connectivity index (χ4v) is 8.09. The first-order chi connectivity index (χ1) is 28.1. The van der Waals surface area contributed by atoms with Gasteiger partial charge in [-0.2, -0.15) is 0 Å². The minimum Gasteiger partial charge on any atom is -0.593 e. The van der Waals surface area contributed by atoms with Crippen LogP contribution in [0.15, 0.2) is 90.0 Å². The lowest BCUT2D eigenvalue weighted by Gasteiger charge is -2.28. The molecule has 0 radical (unpaired) electrons. The number of benzene rings is 4. The molecular weight excluding hydrogens is 795 g/mol. The first-order valence-corrected chi connectivity index (χ1v) is 21.9. The van der Waals surface area contributed by atoms with E-state index in [-0.39, 0.29) is 16.9 Å². The van der Waals surface area contributed by atoms with E-state index in [1.165, 1.54) is 7.11 Å². The highest BCUT2D eigenvalue weighted by atomic mass is 32.2. The van der Waals surface area contributed by atoms with E-state index in [9.17, 15) is 17.8 Å². The van der Waals surface area contributed by atoms with Crippen molar-refractivity contribution in [3.05, 3.63) is 90.6 Å². The standard InChI is InChI=1S/C42H51N7O8S2/c1-42(2,3)28-24-34(40(55-6)35(25-28)47-59(7,52)53)46-41(50)45-33-13-14-36(32-11-9-8-10-31(32)33)57-30-16-17-43-39(27-30)44-29-12-15-38(37(26-29)54-5)58(51)48(4)18-19-49-20-22-56-23-21-49/h8-17,24-27,47H,18-23H2,1-7H3,(H,43,44)(H2,45,46,50). The SMILES string of the molecule is COc1cc(Nc2cc(Oc3ccc(NC(=O)Nc4cc(C(C)(C)C)cc(NS(C)(=O)=O)c4OC)c4ccccc34)ccn2)ccc1[S+]([O-])N(C)CCN1CCOCC1. The summed E-state index contributed by atoms with van der Waals surface area (Å²) in [6, 6.07) is 22.8. The van der Waals surface area contributed by atoms with Gasteiger partial charge in [0.15, 0.2) is 11.5 Å². The number of hydrogen-bond acceptors (Lipinski definition) is 12. The number of methoxy groups -OCH3 is 2. The Morgan fingerprint density at radius 1 is 0.915 bits per heavy atom. The third-order valence-electron chi connectivity index (χ3n) is 9.54. The molecule has 59 heavy (non-hydrogen) atoms. The number of nitrogens with one attached hydrogen (secondary N) is 4. The minimum atomic E-state index is -3.64. The molecule has 17 heteroatoms. The zero-order chi connectivity index (χ0) is 42.3. The zero-order valence-corrected chi connectivity index (χ0v) is 35.9. The number of carbonyl (C=O) groups is 1. The maximum Gasteiger partial charge on any atom is 0.323 e. The number of fused-ring (bicyclic) bond motifs is 1. The third-order valence-corrected chi connectivity index (χ3v) is 11.6. The molecule has 1 aliphatic rings. The summed E-state index contributed by atoms with van der Waals surface area (Å²) in [7, 11) is 1.16. The van der Waals surface area contributed by atoms with Gasteiger partial charge in [0.05, 0.1) is 68.7 Å². The molecule has 1 saturated heterocycles. The maximum atomic E-state index is 13.5. The Bertz CT molecular complexity index is 2390. The number of rotatable bonds is 15. The number of ether oxygens (including phenoxy) is 4. The van der Waals surface area contributed by atoms with Crippen LogP contribution in [-0.4, -0.2) is 100 Å². The molecule has 15 nitrogen and oxygen atoms in total. The summed E-state index contributed by atoms with van der Waals surface area (Å²) in [6.45, 7) is 10.6. The van der Waals surface area contributed by atoms with E-state index < -0.39 is 27.4 Å². The number of nitrogens with zero attached hydrogens (tertiary/aromatic N) is 3. The van der Waals surface area contributed by atoms with E-state index in [4.69, 9.17) is 18.9 Å². The molecule has 0 aliphatic carbocycles. The summed E-state index contributed by atoms with van der Waals surface area (Å²) in [6.07, 6.45) is 2.68. The molecule has 0 saturated carbocycles. The van der Waals surface area contributed by atoms with Crippen LogP contribution in [0.25, 0.3) is 10.8 Å². The Morgan fingerprint density at radius 2 is 1.63 bits per heavy atom. The van der Waals surface area contributed by atoms with Crippen molar-refractivity contribution in [3.8, 4) is 23.0 Å². The van der Waals surface area contributed by atoms with Gasteiger partial charge in [0.25, 0.3) is 0 Å². The van der Waals surface area contributed by atoms with Crippen LogP contribution >= 0.6 is 0 Å². The molecular formula is C42H51N7O8S2. The van der Waals surface area contributed by atoms with E-state index in [0.717, 1.165) is 42.2 Å². The van der Waals surface area contributed by atoms with Gasteiger partial charge in [-0.1, -0.05) is 45.0 Å². The highest BCUT2D eigenvalue weighted by Gasteiger charge is 2.25. The van der Waals surface area contributed by atoms with Gasteiger partial charge in [0.1, 0.15) is 17.3 Å². The molecule has 1 aliphatic heterocycles. The highest BCUT2D eigenvalue weighted by Crippen LogP contribution is 2.40. The van der Waals surface area contributed by atoms with Crippen molar-refractivity contribution < 1.29 is 36.7 Å². The smallest absolute Gasteiger partial charge is 0.323 e. The number of morpholine rings is 1. The molecule has 6 rings (SSSR count). The Labute approximate surface area is 348 Å². The van der Waals surface area contributed by atoms with Crippen molar-refractivity contribution in [2.45, 2.75) is 31.1 Å². The van der Waals surface area contributed by atoms with Gasteiger partial charge in [0, 0.05) is 67.5 Å². The normalized spacial score (nSPS) is 14.1. The number of likely N-dealkylation sites (N-methyl/N-ethyl adjacent to an activating group) is 1. The molecule has 0 bridgehead atoms. The molecule has 2 amide bonds. The summed E-state index contributed by atoms with van der Waals surface area (Å²) in [5, 5.41) is 10.5. The molecule has 5 aromatic rings. The van der Waals surface area contributed by atoms with Gasteiger partial charge >= 0.3 is 6.03 Å². The van der Waals surface area contributed by atoms with E-state index >= 15 is 0 Å². The topological polar surface area (TPSA) is 179 Å². The Hall–Kier alpha value is -5.30. The van der Waals surface area contributed by atoms with E-state index in [0.29, 0.717) is 64.8 Å². The van der Waals surface area contributed by atoms with Crippen molar-refractivity contribution in [2.75, 3.05) is 87.6 Å². The Balaban J connectivity index is 1.16. The average Bonchev–Trinajstić information content (AvgIpc) is 3.20. The predicted octanol–water partition coefficient (Wildman–Crippen LogP) is 7.39. The average molecular weight is 846 g/mol. The Morgan fingerprint density at radius 3 is 2.32 bits per heavy atom. The summed E-state index contributed by atoms with van der Waals surface area (Å²) in [4.78, 5) is 20.9. The van der Waals surface area contributed by atoms with Crippen molar-refractivity contribution >= 4 is 66.8 Å². The predicted molar refractivity (Wildman–Crippen MR) is 234 cm³/mol. The van der Waals surface area contributed by atoms with Crippen molar-refractivity contribution in [2.24, 2.45) is 0 Å². The second-order valence-corrected chi connectivity index (χ2v) is 18.3. The van der Waals surface area contributed by atoms with Gasteiger partial charge in [-0.05, 0) is 47.4 Å². The number of sulfonamides is 1. The van der Waals surface area contributed by atoms with Crippen LogP contribution in [0.3, 0.4) is 0 Å². The fourth-order valence-electron chi connectivity index (χ4n) is 6.46. The number of urea groups is 1. The first kappa shape index (κ1) is 43.3. The van der Waals surface area contributed by atoms with Crippen LogP contribution in [0.4, 0.5) is 33.4 Å². The molecule has 1 atom stereocenters. The highest BCUT2D eigenvalue weighted by molar-refractivity contribution is 7.92. The van der Waals surface area contributed by atoms with E-state index in [1.807, 2.05) is 62.5 Å². The second-order valence-electron chi connectivity index (χ2n) is 15.0. The lowest BCUT2D eigenvalue weighted by molar-refractivity contribution is 0.0368. The van der Waals surface area contributed by atoms with Crippen LogP contribution in [0, 0.1) is 0 Å². The summed E-state index contributed by atoms with van der Waals surface area (Å²) >= 11 is -1.43. The minimum absolute atomic E-state index is 0.171. The third kappa shape index (κ3) is 11.3. The molecule has 0 spiro atoms. The number of amides is 2. The molecule has 2 heterocycles. The largest absolute Gasteiger partial charge is 0.593 e. The molecule has 1 unspecified atom stereocenters. The molecule has 314 valence electrons. The monoisotopic (exact) mass is 845 g/mol. The van der Waals surface area contributed by atoms with Crippen molar-refractivity contribution in [1.29, 1.82) is 0 Å². The number of aromatic nitrogens is 1. The molecule has 1 aromatic heterocycles. The van der Waals surface area contributed by atoms with Gasteiger partial charge < -0.3 is 39.5 Å². The summed E-state index contributed by atoms with van der Waals surface area (Å²) < 4.78 is 65.2. The number of hydrogen-bond donors (Lipinski definition) is 4. The van der Waals surface area contributed by atoms with Crippen LogP contribution in [0.5, 0.6) is 23.0 Å². The molecule has 4 N–H and O–H groups in total. The van der Waals surface area contributed by atoms with Crippen LogP contribution in [-0.2, 0) is 31.5 Å². The second kappa shape index (κ2) is 18.7. The van der Waals surface area contributed by atoms with E-state index in [1.54, 1.807) is 61.8 Å². The van der Waals surface area contributed by atoms with Crippen LogP contribution in [0.2, 0.25) is 0 Å². The fraction of sp³-hybridized carbons (Fsp3) is 0.333. The van der Waals surface area contributed by atoms with Crippen molar-refractivity contribution in [3.63, 3.8) is 0 Å². The van der Waals surface area contributed by atoms with Crippen LogP contribution in [0.1, 0.15) is 26.3 Å². The maximum absolute atomic E-state index is 13.5.